The van der Waals surface area contributed by atoms with Crippen LogP contribution in [0, 0.1) is 13.8 Å². The fraction of sp³-hybridized carbons (Fsp3) is 0.619. The standard InChI is InChI=1S/C21H33N3O5S/c1-15-6-7-18(14-16(15)2)30(27,28)22-11-8-19(25)24-12-9-17(10-13-24)23-20(26)29-21(3,4)5/h6-7,14,17,22H,8-13H2,1-5H3,(H,23,26). The Balaban J connectivity index is 1.76. The molecule has 0 unspecified atom stereocenters. The SMILES string of the molecule is Cc1ccc(S(=O)(=O)NCCC(=O)N2CCC(NC(=O)OC(C)(C)C)CC2)cc1C. The average molecular weight is 440 g/mol. The van der Waals surface area contributed by atoms with Crippen molar-refractivity contribution >= 4 is 22.0 Å². The van der Waals surface area contributed by atoms with Gasteiger partial charge >= 0.3 is 6.09 Å². The minimum absolute atomic E-state index is 0.0350. The summed E-state index contributed by atoms with van der Waals surface area (Å²) in [6, 6.07) is 4.92. The van der Waals surface area contributed by atoms with Crippen LogP contribution in [0.15, 0.2) is 23.1 Å². The van der Waals surface area contributed by atoms with E-state index >= 15 is 0 Å². The number of nitrogens with one attached hydrogen (secondary N) is 2. The van der Waals surface area contributed by atoms with E-state index in [4.69, 9.17) is 4.74 Å². The fourth-order valence-corrected chi connectivity index (χ4v) is 4.28. The zero-order valence-electron chi connectivity index (χ0n) is 18.4. The van der Waals surface area contributed by atoms with Crippen LogP contribution in [0.3, 0.4) is 0 Å². The molecule has 0 aliphatic carbocycles. The van der Waals surface area contributed by atoms with Gasteiger partial charge in [-0.15, -0.1) is 0 Å². The van der Waals surface area contributed by atoms with Gasteiger partial charge in [0.1, 0.15) is 5.60 Å². The second-order valence-corrected chi connectivity index (χ2v) is 10.5. The number of piperidine rings is 1. The number of carbonyl (C=O) groups excluding carboxylic acids is 2. The predicted octanol–water partition coefficient (Wildman–Crippen LogP) is 2.49. The van der Waals surface area contributed by atoms with Crippen LogP contribution < -0.4 is 10.0 Å². The van der Waals surface area contributed by atoms with Crippen molar-refractivity contribution in [3.63, 3.8) is 0 Å². The molecule has 0 atom stereocenters. The highest BCUT2D eigenvalue weighted by Crippen LogP contribution is 2.15. The van der Waals surface area contributed by atoms with Crippen molar-refractivity contribution in [1.82, 2.24) is 14.9 Å². The van der Waals surface area contributed by atoms with Crippen molar-refractivity contribution in [3.8, 4) is 0 Å². The van der Waals surface area contributed by atoms with E-state index in [0.717, 1.165) is 11.1 Å². The monoisotopic (exact) mass is 439 g/mol. The summed E-state index contributed by atoms with van der Waals surface area (Å²) in [4.78, 5) is 26.2. The molecule has 1 aromatic carbocycles. The molecule has 8 nitrogen and oxygen atoms in total. The number of carbonyl (C=O) groups is 2. The Hall–Kier alpha value is -2.13. The van der Waals surface area contributed by atoms with Gasteiger partial charge in [-0.3, -0.25) is 4.79 Å². The first-order valence-electron chi connectivity index (χ1n) is 10.2. The zero-order valence-corrected chi connectivity index (χ0v) is 19.3. The molecule has 1 heterocycles. The summed E-state index contributed by atoms with van der Waals surface area (Å²) in [7, 11) is -3.65. The minimum atomic E-state index is -3.65. The van der Waals surface area contributed by atoms with E-state index in [1.54, 1.807) is 23.1 Å². The van der Waals surface area contributed by atoms with Crippen LogP contribution in [-0.2, 0) is 19.6 Å². The highest BCUT2D eigenvalue weighted by molar-refractivity contribution is 7.89. The highest BCUT2D eigenvalue weighted by atomic mass is 32.2. The van der Waals surface area contributed by atoms with E-state index in [1.807, 2.05) is 34.6 Å². The fourth-order valence-electron chi connectivity index (χ4n) is 3.16. The Morgan fingerprint density at radius 1 is 1.13 bits per heavy atom. The molecule has 30 heavy (non-hydrogen) atoms. The zero-order chi connectivity index (χ0) is 22.5. The summed E-state index contributed by atoms with van der Waals surface area (Å²) in [6.45, 7) is 10.3. The molecule has 1 aliphatic heterocycles. The molecule has 1 fully saturated rings. The largest absolute Gasteiger partial charge is 0.444 e. The topological polar surface area (TPSA) is 105 Å². The highest BCUT2D eigenvalue weighted by Gasteiger charge is 2.26. The lowest BCUT2D eigenvalue weighted by molar-refractivity contribution is -0.132. The van der Waals surface area contributed by atoms with Gasteiger partial charge in [0, 0.05) is 32.1 Å². The first-order valence-corrected chi connectivity index (χ1v) is 11.7. The van der Waals surface area contributed by atoms with Crippen LogP contribution in [-0.4, -0.2) is 56.6 Å². The van der Waals surface area contributed by atoms with E-state index in [-0.39, 0.29) is 29.8 Å². The van der Waals surface area contributed by atoms with Crippen LogP contribution in [0.4, 0.5) is 4.79 Å². The Bertz CT molecular complexity index is 869. The smallest absolute Gasteiger partial charge is 0.407 e. The summed E-state index contributed by atoms with van der Waals surface area (Å²) >= 11 is 0. The Kier molecular flexibility index (Phi) is 7.87. The number of ether oxygens (including phenoxy) is 1. The lowest BCUT2D eigenvalue weighted by Gasteiger charge is -2.33. The van der Waals surface area contributed by atoms with Crippen LogP contribution >= 0.6 is 0 Å². The number of hydrogen-bond donors (Lipinski definition) is 2. The number of hydrogen-bond acceptors (Lipinski definition) is 5. The predicted molar refractivity (Wildman–Crippen MR) is 115 cm³/mol. The van der Waals surface area contributed by atoms with Crippen LogP contribution in [0.1, 0.15) is 51.2 Å². The van der Waals surface area contributed by atoms with Gasteiger partial charge in [-0.05, 0) is 70.7 Å². The van der Waals surface area contributed by atoms with Gasteiger partial charge in [0.25, 0.3) is 0 Å². The number of alkyl carbamates (subject to hydrolysis) is 1. The summed E-state index contributed by atoms with van der Waals surface area (Å²) < 4.78 is 32.6. The number of benzene rings is 1. The molecule has 168 valence electrons. The van der Waals surface area contributed by atoms with Crippen LogP contribution in [0.5, 0.6) is 0 Å². The lowest BCUT2D eigenvalue weighted by atomic mass is 10.0. The molecular formula is C21H33N3O5S. The average Bonchev–Trinajstić information content (AvgIpc) is 2.62. The maximum atomic E-state index is 12.4. The number of amides is 2. The van der Waals surface area contributed by atoms with E-state index in [2.05, 4.69) is 10.0 Å². The molecule has 1 aliphatic rings. The molecule has 0 aromatic heterocycles. The Morgan fingerprint density at radius 3 is 2.33 bits per heavy atom. The quantitative estimate of drug-likeness (QED) is 0.709. The molecule has 0 radical (unpaired) electrons. The third-order valence-corrected chi connectivity index (χ3v) is 6.45. The van der Waals surface area contributed by atoms with Crippen molar-refractivity contribution < 1.29 is 22.7 Å². The molecule has 1 saturated heterocycles. The number of nitrogens with zero attached hydrogens (tertiary/aromatic N) is 1. The molecule has 0 spiro atoms. The molecule has 0 bridgehead atoms. The summed E-state index contributed by atoms with van der Waals surface area (Å²) in [6.07, 6.45) is 0.917. The number of likely N-dealkylation sites (tertiary alicyclic amines) is 1. The molecule has 1 aromatic rings. The first-order chi connectivity index (χ1) is 13.9. The van der Waals surface area contributed by atoms with Crippen LogP contribution in [0.2, 0.25) is 0 Å². The molecule has 2 rings (SSSR count). The third kappa shape index (κ3) is 7.28. The summed E-state index contributed by atoms with van der Waals surface area (Å²) in [5.74, 6) is -0.103. The van der Waals surface area contributed by atoms with Gasteiger partial charge in [0.15, 0.2) is 0 Å². The van der Waals surface area contributed by atoms with Gasteiger partial charge < -0.3 is 15.0 Å². The van der Waals surface area contributed by atoms with Gasteiger partial charge in [-0.25, -0.2) is 17.9 Å². The minimum Gasteiger partial charge on any atom is -0.444 e. The van der Waals surface area contributed by atoms with E-state index in [9.17, 15) is 18.0 Å². The van der Waals surface area contributed by atoms with Crippen LogP contribution in [0.25, 0.3) is 0 Å². The molecule has 2 N–H and O–H groups in total. The van der Waals surface area contributed by atoms with E-state index < -0.39 is 21.7 Å². The second kappa shape index (κ2) is 9.78. The third-order valence-electron chi connectivity index (χ3n) is 4.99. The maximum absolute atomic E-state index is 12.4. The van der Waals surface area contributed by atoms with E-state index in [1.165, 1.54) is 0 Å². The van der Waals surface area contributed by atoms with Gasteiger partial charge in [0.2, 0.25) is 15.9 Å². The number of sulfonamides is 1. The first kappa shape index (κ1) is 24.1. The Labute approximate surface area is 179 Å². The molecule has 2 amide bonds. The normalized spacial score (nSPS) is 15.7. The summed E-state index contributed by atoms with van der Waals surface area (Å²) in [5.41, 5.74) is 1.37. The molecular weight excluding hydrogens is 406 g/mol. The second-order valence-electron chi connectivity index (χ2n) is 8.70. The van der Waals surface area contributed by atoms with Gasteiger partial charge in [0.05, 0.1) is 4.90 Å². The van der Waals surface area contributed by atoms with Gasteiger partial charge in [-0.1, -0.05) is 6.07 Å². The Morgan fingerprint density at radius 2 is 1.77 bits per heavy atom. The lowest BCUT2D eigenvalue weighted by Crippen LogP contribution is -2.48. The summed E-state index contributed by atoms with van der Waals surface area (Å²) in [5, 5.41) is 2.83. The van der Waals surface area contributed by atoms with Crippen molar-refractivity contribution in [2.75, 3.05) is 19.6 Å². The van der Waals surface area contributed by atoms with E-state index in [0.29, 0.717) is 25.9 Å². The van der Waals surface area contributed by atoms with Gasteiger partial charge in [-0.2, -0.15) is 0 Å². The molecule has 0 saturated carbocycles. The van der Waals surface area contributed by atoms with Crippen molar-refractivity contribution in [2.45, 2.75) is 70.4 Å². The number of rotatable bonds is 6. The number of aryl methyl sites for hydroxylation is 2. The van der Waals surface area contributed by atoms with Crippen molar-refractivity contribution in [1.29, 1.82) is 0 Å². The van der Waals surface area contributed by atoms with Crippen molar-refractivity contribution in [3.05, 3.63) is 29.3 Å². The maximum Gasteiger partial charge on any atom is 0.407 e. The van der Waals surface area contributed by atoms with Crippen molar-refractivity contribution in [2.24, 2.45) is 0 Å². The molecule has 9 heteroatoms.